The fourth-order valence-corrected chi connectivity index (χ4v) is 2.52. The predicted molar refractivity (Wildman–Crippen MR) is 85.3 cm³/mol. The number of esters is 1. The van der Waals surface area contributed by atoms with Crippen molar-refractivity contribution in [2.24, 2.45) is 0 Å². The van der Waals surface area contributed by atoms with Gasteiger partial charge in [-0.1, -0.05) is 12.1 Å². The topological polar surface area (TPSA) is 75.7 Å². The van der Waals surface area contributed by atoms with Crippen molar-refractivity contribution < 1.29 is 19.1 Å². The first-order chi connectivity index (χ1) is 10.7. The molecular weight excluding hydrogens is 296 g/mol. The summed E-state index contributed by atoms with van der Waals surface area (Å²) in [5, 5.41) is 2.85. The maximum Gasteiger partial charge on any atom is 0.308 e. The molecule has 1 heterocycles. The summed E-state index contributed by atoms with van der Waals surface area (Å²) in [6, 6.07) is 6.83. The van der Waals surface area contributed by atoms with Crippen LogP contribution in [0.25, 0.3) is 5.70 Å². The van der Waals surface area contributed by atoms with E-state index >= 15 is 0 Å². The monoisotopic (exact) mass is 316 g/mol. The highest BCUT2D eigenvalue weighted by molar-refractivity contribution is 6.00. The summed E-state index contributed by atoms with van der Waals surface area (Å²) in [6.07, 6.45) is 1.36. The molecule has 1 aromatic carbocycles. The van der Waals surface area contributed by atoms with Gasteiger partial charge in [0.15, 0.2) is 0 Å². The number of ether oxygens (including phenoxy) is 1. The van der Waals surface area contributed by atoms with Gasteiger partial charge >= 0.3 is 5.97 Å². The van der Waals surface area contributed by atoms with Gasteiger partial charge in [-0.25, -0.2) is 0 Å². The van der Waals surface area contributed by atoms with E-state index in [4.69, 9.17) is 4.74 Å². The molecule has 0 saturated heterocycles. The van der Waals surface area contributed by atoms with Crippen molar-refractivity contribution in [3.05, 3.63) is 35.9 Å². The third-order valence-electron chi connectivity index (χ3n) is 3.37. The molecule has 0 fully saturated rings. The molecule has 0 aliphatic carbocycles. The Labute approximate surface area is 135 Å². The van der Waals surface area contributed by atoms with Crippen LogP contribution in [-0.4, -0.2) is 34.8 Å². The Bertz CT molecular complexity index is 692. The minimum Gasteiger partial charge on any atom is -0.426 e. The first-order valence-electron chi connectivity index (χ1n) is 7.29. The summed E-state index contributed by atoms with van der Waals surface area (Å²) in [7, 11) is 0. The average molecular weight is 316 g/mol. The molecule has 122 valence electrons. The van der Waals surface area contributed by atoms with Crippen LogP contribution in [0.5, 0.6) is 5.75 Å². The summed E-state index contributed by atoms with van der Waals surface area (Å²) in [6.45, 7) is 6.74. The van der Waals surface area contributed by atoms with Gasteiger partial charge in [-0.3, -0.25) is 14.4 Å². The number of amides is 2. The molecule has 2 amide bonds. The quantitative estimate of drug-likeness (QED) is 0.666. The highest BCUT2D eigenvalue weighted by Crippen LogP contribution is 2.31. The zero-order valence-corrected chi connectivity index (χ0v) is 13.7. The highest BCUT2D eigenvalue weighted by atomic mass is 16.5. The normalized spacial score (nSPS) is 17.0. The largest absolute Gasteiger partial charge is 0.426 e. The molecule has 0 aromatic heterocycles. The highest BCUT2D eigenvalue weighted by Gasteiger charge is 2.32. The summed E-state index contributed by atoms with van der Waals surface area (Å²) < 4.78 is 5.21. The number of nitrogens with one attached hydrogen (secondary N) is 1. The van der Waals surface area contributed by atoms with Crippen LogP contribution in [0, 0.1) is 0 Å². The molecule has 1 aliphatic rings. The summed E-state index contributed by atoms with van der Waals surface area (Å²) in [4.78, 5) is 37.1. The van der Waals surface area contributed by atoms with E-state index in [-0.39, 0.29) is 11.8 Å². The first kappa shape index (κ1) is 16.7. The van der Waals surface area contributed by atoms with Crippen LogP contribution >= 0.6 is 0 Å². The summed E-state index contributed by atoms with van der Waals surface area (Å²) >= 11 is 0. The lowest BCUT2D eigenvalue weighted by atomic mass is 10.0. The SMILES string of the molecule is CC(=O)Oc1ccccc1C1=CC(=O)NC(C)(C)CN1C(C)=O. The molecule has 0 atom stereocenters. The van der Waals surface area contributed by atoms with Crippen molar-refractivity contribution in [2.75, 3.05) is 6.54 Å². The Morgan fingerprint density at radius 1 is 1.22 bits per heavy atom. The van der Waals surface area contributed by atoms with Crippen LogP contribution in [0.2, 0.25) is 0 Å². The van der Waals surface area contributed by atoms with E-state index in [9.17, 15) is 14.4 Å². The second kappa shape index (κ2) is 6.24. The molecular formula is C17H20N2O4. The smallest absolute Gasteiger partial charge is 0.308 e. The Morgan fingerprint density at radius 3 is 2.48 bits per heavy atom. The van der Waals surface area contributed by atoms with Crippen molar-refractivity contribution in [3.8, 4) is 5.75 Å². The van der Waals surface area contributed by atoms with E-state index in [0.29, 0.717) is 23.6 Å². The number of rotatable bonds is 2. The lowest BCUT2D eigenvalue weighted by Gasteiger charge is -2.31. The molecule has 1 aromatic rings. The molecule has 1 aliphatic heterocycles. The van der Waals surface area contributed by atoms with Crippen molar-refractivity contribution in [3.63, 3.8) is 0 Å². The molecule has 1 N–H and O–H groups in total. The number of hydrogen-bond donors (Lipinski definition) is 1. The lowest BCUT2D eigenvalue weighted by molar-refractivity contribution is -0.132. The zero-order valence-electron chi connectivity index (χ0n) is 13.7. The van der Waals surface area contributed by atoms with Gasteiger partial charge in [0.1, 0.15) is 5.75 Å². The fourth-order valence-electron chi connectivity index (χ4n) is 2.52. The van der Waals surface area contributed by atoms with Crippen LogP contribution in [0.4, 0.5) is 0 Å². The molecule has 6 heteroatoms. The Balaban J connectivity index is 2.56. The Morgan fingerprint density at radius 2 is 1.87 bits per heavy atom. The number of para-hydroxylation sites is 1. The number of carbonyl (C=O) groups excluding carboxylic acids is 3. The van der Waals surface area contributed by atoms with Gasteiger partial charge in [-0.2, -0.15) is 0 Å². The van der Waals surface area contributed by atoms with Gasteiger partial charge in [0, 0.05) is 32.0 Å². The average Bonchev–Trinajstić information content (AvgIpc) is 2.53. The molecule has 23 heavy (non-hydrogen) atoms. The first-order valence-corrected chi connectivity index (χ1v) is 7.29. The van der Waals surface area contributed by atoms with E-state index in [0.717, 1.165) is 0 Å². The zero-order chi connectivity index (χ0) is 17.2. The maximum atomic E-state index is 12.2. The third-order valence-corrected chi connectivity index (χ3v) is 3.37. The Kier molecular flexibility index (Phi) is 4.54. The standard InChI is InChI=1S/C17H20N2O4/c1-11(20)19-10-17(3,4)18-16(22)9-14(19)13-7-5-6-8-15(13)23-12(2)21/h5-9H,10H2,1-4H3,(H,18,22). The lowest BCUT2D eigenvalue weighted by Crippen LogP contribution is -2.49. The van der Waals surface area contributed by atoms with Crippen LogP contribution < -0.4 is 10.1 Å². The molecule has 0 unspecified atom stereocenters. The van der Waals surface area contributed by atoms with Gasteiger partial charge < -0.3 is 15.0 Å². The summed E-state index contributed by atoms with van der Waals surface area (Å²) in [5.41, 5.74) is 0.361. The van der Waals surface area contributed by atoms with Crippen molar-refractivity contribution in [1.29, 1.82) is 0 Å². The van der Waals surface area contributed by atoms with Crippen LogP contribution in [-0.2, 0) is 14.4 Å². The van der Waals surface area contributed by atoms with E-state index in [1.54, 1.807) is 24.3 Å². The van der Waals surface area contributed by atoms with Crippen LogP contribution in [0.1, 0.15) is 33.3 Å². The van der Waals surface area contributed by atoms with E-state index in [1.165, 1.54) is 24.8 Å². The molecule has 2 rings (SSSR count). The van der Waals surface area contributed by atoms with Crippen molar-refractivity contribution >= 4 is 23.5 Å². The van der Waals surface area contributed by atoms with Gasteiger partial charge in [-0.15, -0.1) is 0 Å². The number of nitrogens with zero attached hydrogens (tertiary/aromatic N) is 1. The molecule has 0 radical (unpaired) electrons. The number of carbonyl (C=O) groups is 3. The third kappa shape index (κ3) is 3.97. The second-order valence-electron chi connectivity index (χ2n) is 6.10. The van der Waals surface area contributed by atoms with E-state index in [2.05, 4.69) is 5.32 Å². The minimum atomic E-state index is -0.572. The second-order valence-corrected chi connectivity index (χ2v) is 6.10. The van der Waals surface area contributed by atoms with Gasteiger partial charge in [0.25, 0.3) is 0 Å². The molecule has 0 saturated carbocycles. The van der Waals surface area contributed by atoms with Gasteiger partial charge in [-0.05, 0) is 26.0 Å². The van der Waals surface area contributed by atoms with E-state index in [1.807, 2.05) is 13.8 Å². The van der Waals surface area contributed by atoms with Crippen LogP contribution in [0.15, 0.2) is 30.3 Å². The van der Waals surface area contributed by atoms with E-state index < -0.39 is 11.5 Å². The summed E-state index contributed by atoms with van der Waals surface area (Å²) in [5.74, 6) is -0.652. The maximum absolute atomic E-state index is 12.2. The molecule has 6 nitrogen and oxygen atoms in total. The molecule has 0 spiro atoms. The van der Waals surface area contributed by atoms with Crippen molar-refractivity contribution in [2.45, 2.75) is 33.2 Å². The minimum absolute atomic E-state index is 0.196. The number of hydrogen-bond acceptors (Lipinski definition) is 4. The fraction of sp³-hybridized carbons (Fsp3) is 0.353. The number of benzene rings is 1. The Hall–Kier alpha value is -2.63. The molecule has 0 bridgehead atoms. The van der Waals surface area contributed by atoms with Crippen molar-refractivity contribution in [1.82, 2.24) is 10.2 Å². The van der Waals surface area contributed by atoms with Crippen LogP contribution in [0.3, 0.4) is 0 Å². The van der Waals surface area contributed by atoms with Gasteiger partial charge in [0.2, 0.25) is 11.8 Å². The van der Waals surface area contributed by atoms with Gasteiger partial charge in [0.05, 0.1) is 11.2 Å². The predicted octanol–water partition coefficient (Wildman–Crippen LogP) is 1.71.